The van der Waals surface area contributed by atoms with Crippen LogP contribution >= 0.6 is 0 Å². The minimum Gasteiger partial charge on any atom is -0.490 e. The maximum Gasteiger partial charge on any atom is 0.269 e. The van der Waals surface area contributed by atoms with Crippen LogP contribution in [0.15, 0.2) is 48.5 Å². The molecule has 0 heterocycles. The lowest BCUT2D eigenvalue weighted by atomic mass is 10.2. The van der Waals surface area contributed by atoms with Gasteiger partial charge in [-0.05, 0) is 44.2 Å². The first-order valence-corrected chi connectivity index (χ1v) is 7.71. The third-order valence-electron chi connectivity index (χ3n) is 3.13. The van der Waals surface area contributed by atoms with Gasteiger partial charge in [0.2, 0.25) is 0 Å². The Bertz CT molecular complexity index is 701. The summed E-state index contributed by atoms with van der Waals surface area (Å²) in [6.45, 7) is 4.67. The maximum atomic E-state index is 12.2. The van der Waals surface area contributed by atoms with Gasteiger partial charge in [-0.3, -0.25) is 20.4 Å². The Morgan fingerprint density at radius 2 is 1.38 bits per heavy atom. The molecule has 0 bridgehead atoms. The fraction of sp³-hybridized carbons (Fsp3) is 0.222. The summed E-state index contributed by atoms with van der Waals surface area (Å²) < 4.78 is 10.9. The summed E-state index contributed by atoms with van der Waals surface area (Å²) in [6, 6.07) is 13.5. The molecule has 0 spiro atoms. The van der Waals surface area contributed by atoms with E-state index in [1.54, 1.807) is 42.5 Å². The van der Waals surface area contributed by atoms with Crippen molar-refractivity contribution in [3.05, 3.63) is 59.7 Å². The number of amides is 2. The largest absolute Gasteiger partial charge is 0.490 e. The predicted octanol–water partition coefficient (Wildman–Crippen LogP) is 2.56. The van der Waals surface area contributed by atoms with Crippen LogP contribution < -0.4 is 20.3 Å². The van der Waals surface area contributed by atoms with Gasteiger partial charge in [0.15, 0.2) is 11.5 Å². The Hall–Kier alpha value is -3.02. The SMILES string of the molecule is CCOc1ccc(C(=O)NNC(=O)c2ccccc2)cc1OCC. The second kappa shape index (κ2) is 8.57. The van der Waals surface area contributed by atoms with Crippen molar-refractivity contribution in [3.8, 4) is 11.5 Å². The van der Waals surface area contributed by atoms with Gasteiger partial charge in [-0.1, -0.05) is 18.2 Å². The van der Waals surface area contributed by atoms with Gasteiger partial charge in [-0.15, -0.1) is 0 Å². The highest BCUT2D eigenvalue weighted by Crippen LogP contribution is 2.28. The minimum absolute atomic E-state index is 0.357. The van der Waals surface area contributed by atoms with Gasteiger partial charge in [0.25, 0.3) is 11.8 Å². The van der Waals surface area contributed by atoms with E-state index >= 15 is 0 Å². The highest BCUT2D eigenvalue weighted by Gasteiger charge is 2.12. The van der Waals surface area contributed by atoms with Crippen molar-refractivity contribution in [1.82, 2.24) is 10.9 Å². The van der Waals surface area contributed by atoms with Crippen molar-refractivity contribution >= 4 is 11.8 Å². The van der Waals surface area contributed by atoms with E-state index in [2.05, 4.69) is 10.9 Å². The summed E-state index contributed by atoms with van der Waals surface area (Å²) in [5, 5.41) is 0. The normalized spacial score (nSPS) is 9.92. The zero-order chi connectivity index (χ0) is 17.4. The average Bonchev–Trinajstić information content (AvgIpc) is 2.62. The number of hydrogen-bond acceptors (Lipinski definition) is 4. The second-order valence-electron chi connectivity index (χ2n) is 4.80. The summed E-state index contributed by atoms with van der Waals surface area (Å²) in [5.74, 6) is 0.230. The monoisotopic (exact) mass is 328 g/mol. The van der Waals surface area contributed by atoms with Crippen molar-refractivity contribution in [1.29, 1.82) is 0 Å². The van der Waals surface area contributed by atoms with Crippen LogP contribution in [0.1, 0.15) is 34.6 Å². The average molecular weight is 328 g/mol. The molecule has 0 saturated heterocycles. The van der Waals surface area contributed by atoms with Gasteiger partial charge in [-0.2, -0.15) is 0 Å². The molecule has 2 aromatic rings. The Balaban J connectivity index is 2.04. The van der Waals surface area contributed by atoms with Gasteiger partial charge in [0, 0.05) is 11.1 Å². The fourth-order valence-corrected chi connectivity index (χ4v) is 2.04. The Morgan fingerprint density at radius 1 is 0.792 bits per heavy atom. The van der Waals surface area contributed by atoms with Crippen LogP contribution in [0.2, 0.25) is 0 Å². The van der Waals surface area contributed by atoms with Gasteiger partial charge in [-0.25, -0.2) is 0 Å². The number of ether oxygens (including phenoxy) is 2. The zero-order valence-electron chi connectivity index (χ0n) is 13.7. The lowest BCUT2D eigenvalue weighted by molar-refractivity contribution is 0.0846. The summed E-state index contributed by atoms with van der Waals surface area (Å²) in [6.07, 6.45) is 0. The molecule has 0 atom stereocenters. The van der Waals surface area contributed by atoms with E-state index in [-0.39, 0.29) is 5.91 Å². The van der Waals surface area contributed by atoms with Gasteiger partial charge in [0.1, 0.15) is 0 Å². The molecule has 24 heavy (non-hydrogen) atoms. The molecule has 0 saturated carbocycles. The van der Waals surface area contributed by atoms with E-state index in [4.69, 9.17) is 9.47 Å². The quantitative estimate of drug-likeness (QED) is 0.799. The summed E-state index contributed by atoms with van der Waals surface area (Å²) in [4.78, 5) is 24.1. The molecule has 0 radical (unpaired) electrons. The first-order valence-electron chi connectivity index (χ1n) is 7.71. The van der Waals surface area contributed by atoms with E-state index in [0.717, 1.165) is 0 Å². The zero-order valence-corrected chi connectivity index (χ0v) is 13.7. The molecular weight excluding hydrogens is 308 g/mol. The predicted molar refractivity (Wildman–Crippen MR) is 90.2 cm³/mol. The molecule has 2 rings (SSSR count). The van der Waals surface area contributed by atoms with Crippen molar-refractivity contribution in [3.63, 3.8) is 0 Å². The second-order valence-corrected chi connectivity index (χ2v) is 4.80. The fourth-order valence-electron chi connectivity index (χ4n) is 2.04. The topological polar surface area (TPSA) is 76.7 Å². The van der Waals surface area contributed by atoms with Crippen LogP contribution in [0.4, 0.5) is 0 Å². The molecule has 126 valence electrons. The molecule has 2 amide bonds. The lowest BCUT2D eigenvalue weighted by Gasteiger charge is -2.12. The molecule has 6 nitrogen and oxygen atoms in total. The molecule has 6 heteroatoms. The number of benzene rings is 2. The number of nitrogens with one attached hydrogen (secondary N) is 2. The van der Waals surface area contributed by atoms with E-state index in [9.17, 15) is 9.59 Å². The Kier molecular flexibility index (Phi) is 6.19. The van der Waals surface area contributed by atoms with Gasteiger partial charge in [0.05, 0.1) is 13.2 Å². The number of carbonyl (C=O) groups excluding carboxylic acids is 2. The number of hydrazine groups is 1. The van der Waals surface area contributed by atoms with Crippen molar-refractivity contribution in [2.24, 2.45) is 0 Å². The third kappa shape index (κ3) is 4.49. The summed E-state index contributed by atoms with van der Waals surface area (Å²) in [7, 11) is 0. The smallest absolute Gasteiger partial charge is 0.269 e. The molecule has 0 aliphatic carbocycles. The van der Waals surface area contributed by atoms with Gasteiger partial charge >= 0.3 is 0 Å². The number of carbonyl (C=O) groups is 2. The van der Waals surface area contributed by atoms with E-state index in [0.29, 0.717) is 35.8 Å². The highest BCUT2D eigenvalue weighted by atomic mass is 16.5. The Morgan fingerprint density at radius 3 is 2.00 bits per heavy atom. The van der Waals surface area contributed by atoms with Crippen LogP contribution in [-0.4, -0.2) is 25.0 Å². The van der Waals surface area contributed by atoms with Crippen LogP contribution in [0, 0.1) is 0 Å². The molecule has 0 fully saturated rings. The first-order chi connectivity index (χ1) is 11.7. The molecule has 0 aromatic heterocycles. The van der Waals surface area contributed by atoms with Crippen LogP contribution in [0.3, 0.4) is 0 Å². The van der Waals surface area contributed by atoms with E-state index in [1.807, 2.05) is 19.9 Å². The number of hydrogen-bond donors (Lipinski definition) is 2. The molecule has 0 aliphatic rings. The molecule has 2 aromatic carbocycles. The van der Waals surface area contributed by atoms with Crippen molar-refractivity contribution in [2.75, 3.05) is 13.2 Å². The van der Waals surface area contributed by atoms with Gasteiger partial charge < -0.3 is 9.47 Å². The number of rotatable bonds is 6. The highest BCUT2D eigenvalue weighted by molar-refractivity contribution is 5.99. The minimum atomic E-state index is -0.441. The first kappa shape index (κ1) is 17.3. The standard InChI is InChI=1S/C18H20N2O4/c1-3-23-15-11-10-14(12-16(15)24-4-2)18(22)20-19-17(21)13-8-6-5-7-9-13/h5-12H,3-4H2,1-2H3,(H,19,21)(H,20,22). The Labute approximate surface area is 140 Å². The summed E-state index contributed by atoms with van der Waals surface area (Å²) in [5.41, 5.74) is 5.58. The molecule has 0 unspecified atom stereocenters. The van der Waals surface area contributed by atoms with E-state index in [1.165, 1.54) is 0 Å². The van der Waals surface area contributed by atoms with Crippen LogP contribution in [0.25, 0.3) is 0 Å². The van der Waals surface area contributed by atoms with Crippen molar-refractivity contribution in [2.45, 2.75) is 13.8 Å². The molecular formula is C18H20N2O4. The molecule has 0 aliphatic heterocycles. The molecule has 2 N–H and O–H groups in total. The van der Waals surface area contributed by atoms with E-state index < -0.39 is 5.91 Å². The maximum absolute atomic E-state index is 12.2. The van der Waals surface area contributed by atoms with Crippen LogP contribution in [-0.2, 0) is 0 Å². The summed E-state index contributed by atoms with van der Waals surface area (Å²) >= 11 is 0. The van der Waals surface area contributed by atoms with Crippen molar-refractivity contribution < 1.29 is 19.1 Å². The lowest BCUT2D eigenvalue weighted by Crippen LogP contribution is -2.41. The third-order valence-corrected chi connectivity index (χ3v) is 3.13. The van der Waals surface area contributed by atoms with Crippen LogP contribution in [0.5, 0.6) is 11.5 Å².